The van der Waals surface area contributed by atoms with Crippen LogP contribution in [0.5, 0.6) is 11.5 Å². The lowest BCUT2D eigenvalue weighted by atomic mass is 10.1. The lowest BCUT2D eigenvalue weighted by Gasteiger charge is -2.14. The van der Waals surface area contributed by atoms with Crippen LogP contribution in [0, 0.1) is 6.92 Å². The van der Waals surface area contributed by atoms with E-state index in [2.05, 4.69) is 11.1 Å². The second kappa shape index (κ2) is 9.24. The Kier molecular flexibility index (Phi) is 5.83. The van der Waals surface area contributed by atoms with E-state index < -0.39 is 5.97 Å². The van der Waals surface area contributed by atoms with E-state index in [1.807, 2.05) is 85.8 Å². The van der Waals surface area contributed by atoms with Crippen molar-refractivity contribution in [1.82, 2.24) is 0 Å². The molecule has 5 heteroatoms. The molecule has 5 nitrogen and oxygen atoms in total. The highest BCUT2D eigenvalue weighted by molar-refractivity contribution is 6.13. The van der Waals surface area contributed by atoms with Gasteiger partial charge in [0.15, 0.2) is 17.2 Å². The number of ether oxygens (including phenoxy) is 3. The molecule has 0 saturated carbocycles. The molecule has 0 radical (unpaired) electrons. The number of carbonyl (C=O) groups excluding carboxylic acids is 1. The summed E-state index contributed by atoms with van der Waals surface area (Å²) in [4.78, 5) is 17.1. The van der Waals surface area contributed by atoms with E-state index >= 15 is 0 Å². The minimum absolute atomic E-state index is 0.205. The van der Waals surface area contributed by atoms with Crippen LogP contribution in [0.4, 0.5) is 0 Å². The molecule has 168 valence electrons. The monoisotopic (exact) mass is 449 g/mol. The Hall–Kier alpha value is -4.38. The van der Waals surface area contributed by atoms with E-state index in [-0.39, 0.29) is 11.6 Å². The minimum atomic E-state index is -0.504. The molecular formula is C29H23NO4. The van der Waals surface area contributed by atoms with E-state index in [0.29, 0.717) is 23.7 Å². The van der Waals surface area contributed by atoms with E-state index in [1.54, 1.807) is 13.2 Å². The number of aryl methyl sites for hydroxylation is 1. The van der Waals surface area contributed by atoms with Crippen LogP contribution in [-0.2, 0) is 16.1 Å². The van der Waals surface area contributed by atoms with E-state index in [0.717, 1.165) is 27.5 Å². The van der Waals surface area contributed by atoms with Crippen molar-refractivity contribution in [3.63, 3.8) is 0 Å². The number of cyclic esters (lactones) is 1. The first-order chi connectivity index (χ1) is 16.6. The number of nitrogens with zero attached hydrogens (tertiary/aromatic N) is 1. The van der Waals surface area contributed by atoms with Gasteiger partial charge in [-0.15, -0.1) is 0 Å². The highest BCUT2D eigenvalue weighted by Crippen LogP contribution is 2.34. The highest BCUT2D eigenvalue weighted by Gasteiger charge is 2.25. The van der Waals surface area contributed by atoms with Crippen LogP contribution >= 0.6 is 0 Å². The van der Waals surface area contributed by atoms with Crippen LogP contribution in [0.1, 0.15) is 22.3 Å². The van der Waals surface area contributed by atoms with Crippen LogP contribution < -0.4 is 9.47 Å². The van der Waals surface area contributed by atoms with Crippen molar-refractivity contribution in [2.45, 2.75) is 13.5 Å². The maximum Gasteiger partial charge on any atom is 0.363 e. The topological polar surface area (TPSA) is 57.1 Å². The zero-order valence-corrected chi connectivity index (χ0v) is 18.9. The molecule has 4 aromatic rings. The van der Waals surface area contributed by atoms with Gasteiger partial charge >= 0.3 is 5.97 Å². The summed E-state index contributed by atoms with van der Waals surface area (Å²) in [5.74, 6) is 0.899. The second-order valence-electron chi connectivity index (χ2n) is 8.05. The Labute approximate surface area is 197 Å². The zero-order chi connectivity index (χ0) is 23.5. The number of hydrogen-bond acceptors (Lipinski definition) is 5. The van der Waals surface area contributed by atoms with Gasteiger partial charge in [-0.05, 0) is 47.5 Å². The fraction of sp³-hybridized carbons (Fsp3) is 0.103. The van der Waals surface area contributed by atoms with Crippen LogP contribution in [0.25, 0.3) is 16.8 Å². The zero-order valence-electron chi connectivity index (χ0n) is 18.9. The molecule has 0 aromatic heterocycles. The molecule has 0 unspecified atom stereocenters. The summed E-state index contributed by atoms with van der Waals surface area (Å²) in [5, 5.41) is 2.16. The number of carbonyl (C=O) groups is 1. The number of aliphatic imine (C=N–C) groups is 1. The minimum Gasteiger partial charge on any atom is -0.493 e. The van der Waals surface area contributed by atoms with Crippen molar-refractivity contribution in [3.05, 3.63) is 113 Å². The van der Waals surface area contributed by atoms with E-state index in [4.69, 9.17) is 14.2 Å². The molecule has 0 saturated heterocycles. The van der Waals surface area contributed by atoms with Crippen molar-refractivity contribution >= 4 is 28.7 Å². The predicted molar refractivity (Wildman–Crippen MR) is 133 cm³/mol. The maximum atomic E-state index is 12.6. The van der Waals surface area contributed by atoms with Crippen LogP contribution in [-0.4, -0.2) is 19.0 Å². The average Bonchev–Trinajstić information content (AvgIpc) is 3.22. The lowest BCUT2D eigenvalue weighted by Crippen LogP contribution is -2.05. The molecule has 1 heterocycles. The molecule has 0 amide bonds. The number of methoxy groups -OCH3 is 1. The van der Waals surface area contributed by atoms with Gasteiger partial charge in [0.1, 0.15) is 6.61 Å². The third-order valence-electron chi connectivity index (χ3n) is 5.60. The third-order valence-corrected chi connectivity index (χ3v) is 5.60. The smallest absolute Gasteiger partial charge is 0.363 e. The maximum absolute atomic E-state index is 12.6. The summed E-state index contributed by atoms with van der Waals surface area (Å²) >= 11 is 0. The van der Waals surface area contributed by atoms with Gasteiger partial charge in [-0.25, -0.2) is 9.79 Å². The molecule has 0 fully saturated rings. The van der Waals surface area contributed by atoms with E-state index in [1.165, 1.54) is 0 Å². The van der Waals surface area contributed by atoms with Crippen LogP contribution in [0.2, 0.25) is 0 Å². The van der Waals surface area contributed by atoms with Crippen LogP contribution in [0.15, 0.2) is 95.6 Å². The standard InChI is InChI=1S/C29H23NO4/c1-19-7-5-8-20(15-19)18-33-27-23(11-6-12-26(27)32-2)17-25-29(31)34-28(30-25)24-14-13-21-9-3-4-10-22(21)16-24/h3-17H,18H2,1-2H3/b25-17-. The fourth-order valence-electron chi connectivity index (χ4n) is 3.92. The van der Waals surface area contributed by atoms with Gasteiger partial charge in [-0.3, -0.25) is 0 Å². The number of esters is 1. The Bertz CT molecular complexity index is 1450. The number of rotatable bonds is 6. The molecule has 0 spiro atoms. The molecular weight excluding hydrogens is 426 g/mol. The molecule has 1 aliphatic rings. The van der Waals surface area contributed by atoms with Crippen LogP contribution in [0.3, 0.4) is 0 Å². The van der Waals surface area contributed by atoms with Gasteiger partial charge in [0.2, 0.25) is 5.90 Å². The van der Waals surface area contributed by atoms with E-state index in [9.17, 15) is 4.79 Å². The molecule has 0 aliphatic carbocycles. The molecule has 34 heavy (non-hydrogen) atoms. The SMILES string of the molecule is COc1cccc(/C=C2\N=C(c3ccc4ccccc4c3)OC2=O)c1OCc1cccc(C)c1. The largest absolute Gasteiger partial charge is 0.493 e. The highest BCUT2D eigenvalue weighted by atomic mass is 16.6. The summed E-state index contributed by atoms with van der Waals surface area (Å²) in [6, 6.07) is 27.5. The van der Waals surface area contributed by atoms with Gasteiger partial charge in [0.05, 0.1) is 7.11 Å². The first-order valence-electron chi connectivity index (χ1n) is 11.0. The van der Waals surface area contributed by atoms with Gasteiger partial charge < -0.3 is 14.2 Å². The van der Waals surface area contributed by atoms with Gasteiger partial charge in [-0.2, -0.15) is 0 Å². The molecule has 5 rings (SSSR count). The van der Waals surface area contributed by atoms with Gasteiger partial charge in [0.25, 0.3) is 0 Å². The predicted octanol–water partition coefficient (Wildman–Crippen LogP) is 6.08. The third kappa shape index (κ3) is 4.41. The summed E-state index contributed by atoms with van der Waals surface area (Å²) in [5.41, 5.74) is 3.84. The number of fused-ring (bicyclic) bond motifs is 1. The Morgan fingerprint density at radius 2 is 1.74 bits per heavy atom. The second-order valence-corrected chi connectivity index (χ2v) is 8.05. The number of hydrogen-bond donors (Lipinski definition) is 0. The van der Waals surface area contributed by atoms with Crippen molar-refractivity contribution in [2.24, 2.45) is 4.99 Å². The Morgan fingerprint density at radius 1 is 0.912 bits per heavy atom. The van der Waals surface area contributed by atoms with Crippen molar-refractivity contribution in [2.75, 3.05) is 7.11 Å². The summed E-state index contributed by atoms with van der Waals surface area (Å²) in [6.07, 6.45) is 1.67. The molecule has 4 aromatic carbocycles. The fourth-order valence-corrected chi connectivity index (χ4v) is 3.92. The normalized spacial score (nSPS) is 14.2. The summed E-state index contributed by atoms with van der Waals surface area (Å²) in [7, 11) is 1.59. The lowest BCUT2D eigenvalue weighted by molar-refractivity contribution is -0.129. The number of benzene rings is 4. The molecule has 0 bridgehead atoms. The van der Waals surface area contributed by atoms with Gasteiger partial charge in [-0.1, -0.05) is 72.3 Å². The summed E-state index contributed by atoms with van der Waals surface area (Å²) < 4.78 is 17.1. The summed E-state index contributed by atoms with van der Waals surface area (Å²) in [6.45, 7) is 2.41. The molecule has 0 N–H and O–H groups in total. The van der Waals surface area contributed by atoms with Gasteiger partial charge in [0, 0.05) is 11.1 Å². The quantitative estimate of drug-likeness (QED) is 0.264. The van der Waals surface area contributed by atoms with Crippen molar-refractivity contribution < 1.29 is 19.0 Å². The Balaban J connectivity index is 1.47. The first-order valence-corrected chi connectivity index (χ1v) is 11.0. The molecule has 0 atom stereocenters. The van der Waals surface area contributed by atoms with Crippen molar-refractivity contribution in [1.29, 1.82) is 0 Å². The first kappa shape index (κ1) is 21.5. The average molecular weight is 450 g/mol. The number of para-hydroxylation sites is 1. The molecule has 1 aliphatic heterocycles. The Morgan fingerprint density at radius 3 is 2.56 bits per heavy atom. The van der Waals surface area contributed by atoms with Crippen molar-refractivity contribution in [3.8, 4) is 11.5 Å².